The van der Waals surface area contributed by atoms with Gasteiger partial charge in [-0.25, -0.2) is 4.79 Å². The molecule has 4 heteroatoms. The number of methoxy groups -OCH3 is 1. The first-order valence-electron chi connectivity index (χ1n) is 2.95. The van der Waals surface area contributed by atoms with Gasteiger partial charge in [-0.15, -0.1) is 0 Å². The Hall–Kier alpha value is -1.32. The van der Waals surface area contributed by atoms with Gasteiger partial charge in [0, 0.05) is 0 Å². The van der Waals surface area contributed by atoms with Crippen LogP contribution in [0.15, 0.2) is 12.7 Å². The highest BCUT2D eigenvalue weighted by atomic mass is 16.7. The van der Waals surface area contributed by atoms with Crippen molar-refractivity contribution < 1.29 is 19.1 Å². The molecule has 0 heterocycles. The Morgan fingerprint density at radius 1 is 1.64 bits per heavy atom. The van der Waals surface area contributed by atoms with Crippen molar-refractivity contribution in [2.24, 2.45) is 0 Å². The molecule has 11 heavy (non-hydrogen) atoms. The summed E-state index contributed by atoms with van der Waals surface area (Å²) in [6.45, 7) is 4.73. The van der Waals surface area contributed by atoms with E-state index in [1.54, 1.807) is 0 Å². The molecule has 0 aliphatic heterocycles. The maximum absolute atomic E-state index is 10.5. The molecule has 0 rings (SSSR count). The molecule has 62 valence electrons. The van der Waals surface area contributed by atoms with Crippen LogP contribution < -0.4 is 0 Å². The van der Waals surface area contributed by atoms with Crippen LogP contribution in [0.25, 0.3) is 0 Å². The minimum absolute atomic E-state index is 0.469. The van der Waals surface area contributed by atoms with Crippen LogP contribution in [-0.2, 0) is 14.3 Å². The van der Waals surface area contributed by atoms with Gasteiger partial charge >= 0.3 is 6.16 Å². The van der Waals surface area contributed by atoms with Gasteiger partial charge < -0.3 is 9.47 Å². The lowest BCUT2D eigenvalue weighted by molar-refractivity contribution is -0.120. The van der Waals surface area contributed by atoms with Crippen LogP contribution in [-0.4, -0.2) is 25.2 Å². The minimum Gasteiger partial charge on any atom is -0.438 e. The summed E-state index contributed by atoms with van der Waals surface area (Å²) >= 11 is 0. The summed E-state index contributed by atoms with van der Waals surface area (Å²) in [5.74, 6) is 0. The molecule has 0 aliphatic carbocycles. The van der Waals surface area contributed by atoms with Crippen LogP contribution in [0.1, 0.15) is 6.92 Å². The zero-order chi connectivity index (χ0) is 8.91. The molecule has 0 radical (unpaired) electrons. The predicted octanol–water partition coefficient (Wildman–Crippen LogP) is 0.913. The quantitative estimate of drug-likeness (QED) is 0.348. The zero-order valence-electron chi connectivity index (χ0n) is 6.49. The third-order valence-electron chi connectivity index (χ3n) is 1.11. The van der Waals surface area contributed by atoms with Crippen molar-refractivity contribution in [3.8, 4) is 0 Å². The van der Waals surface area contributed by atoms with E-state index >= 15 is 0 Å². The second kappa shape index (κ2) is 3.75. The molecular formula is C7H10O4. The second-order valence-electron chi connectivity index (χ2n) is 2.06. The molecule has 0 bridgehead atoms. The van der Waals surface area contributed by atoms with Gasteiger partial charge in [-0.3, -0.25) is 4.79 Å². The zero-order valence-corrected chi connectivity index (χ0v) is 6.49. The lowest BCUT2D eigenvalue weighted by atomic mass is 10.1. The third kappa shape index (κ3) is 2.84. The number of aldehydes is 1. The maximum Gasteiger partial charge on any atom is 0.509 e. The van der Waals surface area contributed by atoms with E-state index in [4.69, 9.17) is 0 Å². The van der Waals surface area contributed by atoms with Gasteiger partial charge in [0.15, 0.2) is 11.9 Å². The molecule has 0 spiro atoms. The van der Waals surface area contributed by atoms with Crippen molar-refractivity contribution in [3.05, 3.63) is 12.7 Å². The number of carbonyl (C=O) groups excluding carboxylic acids is 2. The molecule has 0 aromatic heterocycles. The summed E-state index contributed by atoms with van der Waals surface area (Å²) < 4.78 is 8.72. The molecule has 0 amide bonds. The Bertz CT molecular complexity index is 165. The van der Waals surface area contributed by atoms with Crippen LogP contribution >= 0.6 is 0 Å². The van der Waals surface area contributed by atoms with E-state index in [-0.39, 0.29) is 0 Å². The second-order valence-corrected chi connectivity index (χ2v) is 2.06. The first-order valence-corrected chi connectivity index (χ1v) is 2.95. The van der Waals surface area contributed by atoms with E-state index in [9.17, 15) is 9.59 Å². The molecule has 0 saturated carbocycles. The molecule has 0 fully saturated rings. The molecule has 1 atom stereocenters. The highest BCUT2D eigenvalue weighted by Gasteiger charge is 2.24. The van der Waals surface area contributed by atoms with Crippen LogP contribution in [0.5, 0.6) is 0 Å². The molecule has 0 aromatic carbocycles. The highest BCUT2D eigenvalue weighted by Crippen LogP contribution is 2.08. The van der Waals surface area contributed by atoms with Gasteiger partial charge in [0.25, 0.3) is 0 Å². The molecule has 0 N–H and O–H groups in total. The third-order valence-corrected chi connectivity index (χ3v) is 1.11. The smallest absolute Gasteiger partial charge is 0.438 e. The van der Waals surface area contributed by atoms with Crippen molar-refractivity contribution in [1.29, 1.82) is 0 Å². The largest absolute Gasteiger partial charge is 0.509 e. The number of rotatable bonds is 3. The van der Waals surface area contributed by atoms with Gasteiger partial charge in [0.2, 0.25) is 0 Å². The summed E-state index contributed by atoms with van der Waals surface area (Å²) in [6, 6.07) is 0. The summed E-state index contributed by atoms with van der Waals surface area (Å²) in [5, 5.41) is 0. The fraction of sp³-hybridized carbons (Fsp3) is 0.429. The van der Waals surface area contributed by atoms with E-state index < -0.39 is 11.8 Å². The lowest BCUT2D eigenvalue weighted by Crippen LogP contribution is -2.30. The summed E-state index contributed by atoms with van der Waals surface area (Å²) in [4.78, 5) is 20.8. The van der Waals surface area contributed by atoms with Crippen LogP contribution in [0.3, 0.4) is 0 Å². The standard InChI is InChI=1S/C7H10O4/c1-4-7(2,5-8)11-6(9)10-3/h4-5H,1H2,2-3H3. The van der Waals surface area contributed by atoms with Gasteiger partial charge in [-0.2, -0.15) is 0 Å². The average Bonchev–Trinajstić information content (AvgIpc) is 2.04. The molecular weight excluding hydrogens is 148 g/mol. The Kier molecular flexibility index (Phi) is 3.30. The van der Waals surface area contributed by atoms with E-state index in [1.165, 1.54) is 13.0 Å². The summed E-state index contributed by atoms with van der Waals surface area (Å²) in [6.07, 6.45) is 0.785. The Balaban J connectivity index is 4.18. The van der Waals surface area contributed by atoms with Crippen LogP contribution in [0.2, 0.25) is 0 Å². The normalized spacial score (nSPS) is 14.4. The molecule has 0 aliphatic rings. The highest BCUT2D eigenvalue weighted by molar-refractivity contribution is 5.71. The van der Waals surface area contributed by atoms with E-state index in [0.29, 0.717) is 6.29 Å². The molecule has 0 saturated heterocycles. The van der Waals surface area contributed by atoms with Crippen molar-refractivity contribution in [1.82, 2.24) is 0 Å². The van der Waals surface area contributed by atoms with Gasteiger partial charge in [0.1, 0.15) is 0 Å². The molecule has 1 unspecified atom stereocenters. The first-order chi connectivity index (χ1) is 5.08. The van der Waals surface area contributed by atoms with E-state index in [0.717, 1.165) is 7.11 Å². The van der Waals surface area contributed by atoms with Crippen molar-refractivity contribution in [2.45, 2.75) is 12.5 Å². The van der Waals surface area contributed by atoms with Crippen molar-refractivity contribution in [2.75, 3.05) is 7.11 Å². The lowest BCUT2D eigenvalue weighted by Gasteiger charge is -2.17. The Morgan fingerprint density at radius 2 is 2.18 bits per heavy atom. The monoisotopic (exact) mass is 158 g/mol. The number of hydrogen-bond donors (Lipinski definition) is 0. The Labute approximate surface area is 64.8 Å². The minimum atomic E-state index is -1.28. The van der Waals surface area contributed by atoms with Gasteiger partial charge in [-0.1, -0.05) is 6.58 Å². The topological polar surface area (TPSA) is 52.6 Å². The number of carbonyl (C=O) groups is 2. The van der Waals surface area contributed by atoms with Crippen molar-refractivity contribution in [3.63, 3.8) is 0 Å². The fourth-order valence-electron chi connectivity index (χ4n) is 0.335. The molecule has 0 aromatic rings. The summed E-state index contributed by atoms with van der Waals surface area (Å²) in [7, 11) is 1.16. The summed E-state index contributed by atoms with van der Waals surface area (Å²) in [5.41, 5.74) is -1.28. The van der Waals surface area contributed by atoms with Crippen molar-refractivity contribution >= 4 is 12.4 Å². The van der Waals surface area contributed by atoms with Gasteiger partial charge in [0.05, 0.1) is 7.11 Å². The first kappa shape index (κ1) is 9.68. The average molecular weight is 158 g/mol. The predicted molar refractivity (Wildman–Crippen MR) is 38.2 cm³/mol. The number of hydrogen-bond acceptors (Lipinski definition) is 4. The SMILES string of the molecule is C=CC(C)(C=O)OC(=O)OC. The number of ether oxygens (including phenoxy) is 2. The van der Waals surface area contributed by atoms with E-state index in [2.05, 4.69) is 16.1 Å². The van der Waals surface area contributed by atoms with Gasteiger partial charge in [-0.05, 0) is 13.0 Å². The van der Waals surface area contributed by atoms with Crippen LogP contribution in [0.4, 0.5) is 4.79 Å². The fourth-order valence-corrected chi connectivity index (χ4v) is 0.335. The maximum atomic E-state index is 10.5. The van der Waals surface area contributed by atoms with E-state index in [1.807, 2.05) is 0 Å². The van der Waals surface area contributed by atoms with Crippen LogP contribution in [0, 0.1) is 0 Å². The Morgan fingerprint density at radius 3 is 2.45 bits per heavy atom. The molecule has 4 nitrogen and oxygen atoms in total.